The molecule has 2 rings (SSSR count). The van der Waals surface area contributed by atoms with Crippen LogP contribution in [0.2, 0.25) is 0 Å². The first kappa shape index (κ1) is 15.6. The quantitative estimate of drug-likeness (QED) is 0.795. The summed E-state index contributed by atoms with van der Waals surface area (Å²) in [6, 6.07) is 4.26. The lowest BCUT2D eigenvalue weighted by molar-refractivity contribution is -0.139. The molecule has 21 heavy (non-hydrogen) atoms. The molecule has 1 aliphatic rings. The molecule has 0 bridgehead atoms. The fourth-order valence-corrected chi connectivity index (χ4v) is 2.45. The topological polar surface area (TPSA) is 77.0 Å². The maximum atomic E-state index is 11.6. The highest BCUT2D eigenvalue weighted by molar-refractivity contribution is 5.77. The summed E-state index contributed by atoms with van der Waals surface area (Å²) in [5, 5.41) is 12.5. The number of methoxy groups -OCH3 is 2. The summed E-state index contributed by atoms with van der Waals surface area (Å²) in [5.74, 6) is 0.151. The summed E-state index contributed by atoms with van der Waals surface area (Å²) in [5.41, 5.74) is 0.544. The number of carboxylic acids is 1. The molecule has 2 N–H and O–H groups in total. The first-order valence-electron chi connectivity index (χ1n) is 6.95. The van der Waals surface area contributed by atoms with E-state index in [1.54, 1.807) is 25.3 Å². The van der Waals surface area contributed by atoms with Gasteiger partial charge in [-0.15, -0.1) is 0 Å². The van der Waals surface area contributed by atoms with Gasteiger partial charge in [-0.3, -0.25) is 10.1 Å². The first-order valence-corrected chi connectivity index (χ1v) is 6.95. The van der Waals surface area contributed by atoms with Crippen LogP contribution in [-0.4, -0.2) is 44.6 Å². The molecule has 0 aliphatic carbocycles. The van der Waals surface area contributed by atoms with Gasteiger partial charge < -0.3 is 19.3 Å². The molecule has 0 spiro atoms. The van der Waals surface area contributed by atoms with Crippen molar-refractivity contribution in [3.05, 3.63) is 23.8 Å². The van der Waals surface area contributed by atoms with Gasteiger partial charge in [-0.25, -0.2) is 0 Å². The standard InChI is InChI=1S/C15H21NO5/c1-19-10-5-6-13(20-2)12(8-10)14(15(17)18)16-9-11-4-3-7-21-11/h5-6,8,11,14,16H,3-4,7,9H2,1-2H3,(H,17,18). The third kappa shape index (κ3) is 3.86. The van der Waals surface area contributed by atoms with E-state index in [2.05, 4.69) is 5.32 Å². The Kier molecular flexibility index (Phi) is 5.41. The largest absolute Gasteiger partial charge is 0.497 e. The number of benzene rings is 1. The number of rotatable bonds is 7. The fraction of sp³-hybridized carbons (Fsp3) is 0.533. The molecule has 6 nitrogen and oxygen atoms in total. The minimum absolute atomic E-state index is 0.0726. The molecule has 0 radical (unpaired) electrons. The van der Waals surface area contributed by atoms with Crippen LogP contribution in [-0.2, 0) is 9.53 Å². The third-order valence-electron chi connectivity index (χ3n) is 3.57. The zero-order valence-corrected chi connectivity index (χ0v) is 12.3. The second-order valence-electron chi connectivity index (χ2n) is 4.92. The Morgan fingerprint density at radius 2 is 2.29 bits per heavy atom. The molecule has 2 atom stereocenters. The van der Waals surface area contributed by atoms with Crippen molar-refractivity contribution in [2.45, 2.75) is 25.0 Å². The van der Waals surface area contributed by atoms with E-state index in [0.717, 1.165) is 19.4 Å². The molecule has 1 aromatic rings. The van der Waals surface area contributed by atoms with E-state index < -0.39 is 12.0 Å². The minimum Gasteiger partial charge on any atom is -0.497 e. The van der Waals surface area contributed by atoms with Crippen LogP contribution in [0.15, 0.2) is 18.2 Å². The molecule has 116 valence electrons. The van der Waals surface area contributed by atoms with Gasteiger partial charge in [0.25, 0.3) is 0 Å². The highest BCUT2D eigenvalue weighted by atomic mass is 16.5. The molecule has 0 saturated carbocycles. The van der Waals surface area contributed by atoms with Crippen molar-refractivity contribution in [1.29, 1.82) is 0 Å². The Bertz CT molecular complexity index is 485. The van der Waals surface area contributed by atoms with Crippen LogP contribution < -0.4 is 14.8 Å². The average Bonchev–Trinajstić information content (AvgIpc) is 3.00. The lowest BCUT2D eigenvalue weighted by atomic mass is 10.0. The van der Waals surface area contributed by atoms with Crippen molar-refractivity contribution < 1.29 is 24.1 Å². The SMILES string of the molecule is COc1ccc(OC)c(C(NCC2CCCO2)C(=O)O)c1. The van der Waals surface area contributed by atoms with Crippen LogP contribution in [0.1, 0.15) is 24.4 Å². The number of ether oxygens (including phenoxy) is 3. The minimum atomic E-state index is -0.959. The van der Waals surface area contributed by atoms with Gasteiger partial charge in [0.1, 0.15) is 17.5 Å². The van der Waals surface area contributed by atoms with Crippen LogP contribution in [0.25, 0.3) is 0 Å². The van der Waals surface area contributed by atoms with Gasteiger partial charge in [0.05, 0.1) is 20.3 Å². The summed E-state index contributed by atoms with van der Waals surface area (Å²) in [7, 11) is 3.06. The van der Waals surface area contributed by atoms with Crippen molar-refractivity contribution >= 4 is 5.97 Å². The number of hydrogen-bond acceptors (Lipinski definition) is 5. The van der Waals surface area contributed by atoms with Crippen molar-refractivity contribution in [1.82, 2.24) is 5.32 Å². The Hall–Kier alpha value is -1.79. The zero-order valence-electron chi connectivity index (χ0n) is 12.3. The van der Waals surface area contributed by atoms with Gasteiger partial charge in [-0.05, 0) is 31.0 Å². The second kappa shape index (κ2) is 7.28. The van der Waals surface area contributed by atoms with Gasteiger partial charge in [0, 0.05) is 18.7 Å². The van der Waals surface area contributed by atoms with Gasteiger partial charge in [-0.2, -0.15) is 0 Å². The van der Waals surface area contributed by atoms with Gasteiger partial charge in [0.15, 0.2) is 0 Å². The first-order chi connectivity index (χ1) is 10.2. The monoisotopic (exact) mass is 295 g/mol. The second-order valence-corrected chi connectivity index (χ2v) is 4.92. The molecule has 0 amide bonds. The predicted molar refractivity (Wildman–Crippen MR) is 76.9 cm³/mol. The molecule has 6 heteroatoms. The lowest BCUT2D eigenvalue weighted by Crippen LogP contribution is -2.34. The summed E-state index contributed by atoms with van der Waals surface area (Å²) in [6.07, 6.45) is 2.05. The Labute approximate surface area is 124 Å². The lowest BCUT2D eigenvalue weighted by Gasteiger charge is -2.20. The number of hydrogen-bond donors (Lipinski definition) is 2. The van der Waals surface area contributed by atoms with Crippen LogP contribution in [0.4, 0.5) is 0 Å². The maximum absolute atomic E-state index is 11.6. The normalized spacial score (nSPS) is 19.2. The molecule has 1 fully saturated rings. The molecule has 1 aliphatic heterocycles. The van der Waals surface area contributed by atoms with E-state index in [1.807, 2.05) is 0 Å². The Balaban J connectivity index is 2.17. The maximum Gasteiger partial charge on any atom is 0.325 e. The molecule has 2 unspecified atom stereocenters. The summed E-state index contributed by atoms with van der Waals surface area (Å²) < 4.78 is 15.9. The summed E-state index contributed by atoms with van der Waals surface area (Å²) >= 11 is 0. The van der Waals surface area contributed by atoms with E-state index in [-0.39, 0.29) is 6.10 Å². The third-order valence-corrected chi connectivity index (χ3v) is 3.57. The van der Waals surface area contributed by atoms with E-state index in [9.17, 15) is 9.90 Å². The van der Waals surface area contributed by atoms with Gasteiger partial charge in [0.2, 0.25) is 0 Å². The average molecular weight is 295 g/mol. The smallest absolute Gasteiger partial charge is 0.325 e. The Morgan fingerprint density at radius 3 is 2.86 bits per heavy atom. The summed E-state index contributed by atoms with van der Waals surface area (Å²) in [6.45, 7) is 1.24. The number of nitrogens with one attached hydrogen (secondary N) is 1. The molecule has 1 aromatic carbocycles. The van der Waals surface area contributed by atoms with Gasteiger partial charge >= 0.3 is 5.97 Å². The summed E-state index contributed by atoms with van der Waals surface area (Å²) in [4.78, 5) is 11.6. The van der Waals surface area contributed by atoms with E-state index >= 15 is 0 Å². The number of carboxylic acid groups (broad SMARTS) is 1. The van der Waals surface area contributed by atoms with Crippen molar-refractivity contribution in [2.24, 2.45) is 0 Å². The van der Waals surface area contributed by atoms with Crippen molar-refractivity contribution in [2.75, 3.05) is 27.4 Å². The van der Waals surface area contributed by atoms with E-state index in [4.69, 9.17) is 14.2 Å². The zero-order chi connectivity index (χ0) is 15.2. The van der Waals surface area contributed by atoms with Crippen LogP contribution in [0.5, 0.6) is 11.5 Å². The molecule has 1 saturated heterocycles. The predicted octanol–water partition coefficient (Wildman–Crippen LogP) is 1.60. The van der Waals surface area contributed by atoms with E-state index in [1.165, 1.54) is 7.11 Å². The number of aliphatic carboxylic acids is 1. The highest BCUT2D eigenvalue weighted by Gasteiger charge is 2.26. The van der Waals surface area contributed by atoms with E-state index in [0.29, 0.717) is 23.6 Å². The Morgan fingerprint density at radius 1 is 1.48 bits per heavy atom. The molecule has 1 heterocycles. The van der Waals surface area contributed by atoms with Crippen molar-refractivity contribution in [3.8, 4) is 11.5 Å². The molecular weight excluding hydrogens is 274 g/mol. The highest BCUT2D eigenvalue weighted by Crippen LogP contribution is 2.29. The molecular formula is C15H21NO5. The van der Waals surface area contributed by atoms with Crippen LogP contribution >= 0.6 is 0 Å². The fourth-order valence-electron chi connectivity index (χ4n) is 2.45. The van der Waals surface area contributed by atoms with Crippen LogP contribution in [0.3, 0.4) is 0 Å². The van der Waals surface area contributed by atoms with Crippen molar-refractivity contribution in [3.63, 3.8) is 0 Å². The molecule has 0 aromatic heterocycles. The van der Waals surface area contributed by atoms with Gasteiger partial charge in [-0.1, -0.05) is 0 Å². The number of carbonyl (C=O) groups is 1. The van der Waals surface area contributed by atoms with Crippen LogP contribution in [0, 0.1) is 0 Å².